The molecule has 1 fully saturated rings. The van der Waals surface area contributed by atoms with Crippen molar-refractivity contribution >= 4 is 11.6 Å². The Kier molecular flexibility index (Phi) is 3.58. The van der Waals surface area contributed by atoms with Gasteiger partial charge in [0.15, 0.2) is 5.82 Å². The van der Waals surface area contributed by atoms with Crippen LogP contribution in [0.3, 0.4) is 0 Å². The summed E-state index contributed by atoms with van der Waals surface area (Å²) >= 11 is 0. The summed E-state index contributed by atoms with van der Waals surface area (Å²) in [6.45, 7) is 0. The topological polar surface area (TPSA) is 42.0 Å². The summed E-state index contributed by atoms with van der Waals surface area (Å²) in [7, 11) is 0. The molecule has 3 rings (SSSR count). The molecule has 1 heterocycles. The van der Waals surface area contributed by atoms with Crippen LogP contribution < -0.4 is 5.32 Å². The van der Waals surface area contributed by atoms with E-state index >= 15 is 0 Å². The van der Waals surface area contributed by atoms with Crippen molar-refractivity contribution < 1.29 is 22.4 Å². The van der Waals surface area contributed by atoms with Crippen molar-refractivity contribution in [1.29, 1.82) is 0 Å². The van der Waals surface area contributed by atoms with Crippen molar-refractivity contribution in [1.82, 2.24) is 4.98 Å². The van der Waals surface area contributed by atoms with Crippen LogP contribution in [-0.4, -0.2) is 10.9 Å². The number of hydrogen-bond donors (Lipinski definition) is 1. The van der Waals surface area contributed by atoms with Crippen molar-refractivity contribution in [2.45, 2.75) is 24.4 Å². The molecule has 1 amide bonds. The highest BCUT2D eigenvalue weighted by Crippen LogP contribution is 2.50. The Morgan fingerprint density at radius 3 is 2.57 bits per heavy atom. The molecule has 1 N–H and O–H groups in total. The van der Waals surface area contributed by atoms with E-state index < -0.39 is 28.9 Å². The summed E-state index contributed by atoms with van der Waals surface area (Å²) in [4.78, 5) is 16.0. The number of benzene rings is 1. The minimum absolute atomic E-state index is 0.0387. The highest BCUT2D eigenvalue weighted by Gasteiger charge is 2.52. The van der Waals surface area contributed by atoms with Crippen LogP contribution in [0.2, 0.25) is 0 Å². The van der Waals surface area contributed by atoms with Gasteiger partial charge in [-0.05, 0) is 30.5 Å². The second-order valence-electron chi connectivity index (χ2n) is 5.47. The molecule has 0 unspecified atom stereocenters. The maximum atomic E-state index is 13.6. The maximum Gasteiger partial charge on any atom is 0.416 e. The number of carbonyl (C=O) groups excluding carboxylic acids is 1. The quantitative estimate of drug-likeness (QED) is 0.870. The third kappa shape index (κ3) is 2.91. The number of alkyl halides is 3. The molecule has 7 heteroatoms. The molecule has 1 saturated carbocycles. The number of carbonyl (C=O) groups is 1. The fourth-order valence-electron chi connectivity index (χ4n) is 2.48. The molecule has 23 heavy (non-hydrogen) atoms. The summed E-state index contributed by atoms with van der Waals surface area (Å²) in [5.74, 6) is -1.21. The Bertz CT molecular complexity index is 754. The van der Waals surface area contributed by atoms with Crippen LogP contribution in [0.25, 0.3) is 0 Å². The van der Waals surface area contributed by atoms with Crippen LogP contribution in [0.15, 0.2) is 42.7 Å². The Morgan fingerprint density at radius 2 is 1.96 bits per heavy atom. The van der Waals surface area contributed by atoms with E-state index in [9.17, 15) is 22.4 Å². The van der Waals surface area contributed by atoms with Crippen LogP contribution in [0.1, 0.15) is 24.0 Å². The number of aromatic nitrogens is 1. The number of rotatable bonds is 3. The largest absolute Gasteiger partial charge is 0.416 e. The van der Waals surface area contributed by atoms with E-state index in [1.54, 1.807) is 0 Å². The predicted octanol–water partition coefficient (Wildman–Crippen LogP) is 3.91. The minimum atomic E-state index is -4.47. The third-order valence-corrected chi connectivity index (χ3v) is 3.95. The van der Waals surface area contributed by atoms with Gasteiger partial charge in [0, 0.05) is 6.20 Å². The molecule has 0 atom stereocenters. The Hall–Kier alpha value is -2.44. The van der Waals surface area contributed by atoms with Gasteiger partial charge in [-0.3, -0.25) is 9.78 Å². The van der Waals surface area contributed by atoms with Gasteiger partial charge in [-0.2, -0.15) is 13.2 Å². The van der Waals surface area contributed by atoms with Crippen LogP contribution in [0.4, 0.5) is 23.2 Å². The molecule has 0 saturated heterocycles. The SMILES string of the molecule is O=C(Nc1ccncc1F)C1(c2cccc(C(F)(F)F)c2)CC1. The molecular weight excluding hydrogens is 312 g/mol. The maximum absolute atomic E-state index is 13.6. The summed E-state index contributed by atoms with van der Waals surface area (Å²) in [6, 6.07) is 6.01. The molecule has 1 aromatic heterocycles. The van der Waals surface area contributed by atoms with Gasteiger partial charge < -0.3 is 5.32 Å². The van der Waals surface area contributed by atoms with Gasteiger partial charge in [-0.15, -0.1) is 0 Å². The van der Waals surface area contributed by atoms with Crippen molar-refractivity contribution in [2.24, 2.45) is 0 Å². The van der Waals surface area contributed by atoms with Crippen molar-refractivity contribution in [3.8, 4) is 0 Å². The van der Waals surface area contributed by atoms with E-state index in [0.29, 0.717) is 18.4 Å². The molecule has 0 bridgehead atoms. The van der Waals surface area contributed by atoms with E-state index in [-0.39, 0.29) is 5.69 Å². The average Bonchev–Trinajstić information content (AvgIpc) is 3.31. The van der Waals surface area contributed by atoms with Gasteiger partial charge in [0.25, 0.3) is 0 Å². The lowest BCUT2D eigenvalue weighted by molar-refractivity contribution is -0.137. The number of amides is 1. The zero-order chi connectivity index (χ0) is 16.7. The number of anilines is 1. The van der Waals surface area contributed by atoms with E-state index in [4.69, 9.17) is 0 Å². The number of nitrogens with one attached hydrogen (secondary N) is 1. The minimum Gasteiger partial charge on any atom is -0.323 e. The first-order valence-electron chi connectivity index (χ1n) is 6.92. The second-order valence-corrected chi connectivity index (χ2v) is 5.47. The van der Waals surface area contributed by atoms with Crippen molar-refractivity contribution in [3.05, 3.63) is 59.7 Å². The van der Waals surface area contributed by atoms with E-state index in [1.165, 1.54) is 24.4 Å². The lowest BCUT2D eigenvalue weighted by Crippen LogP contribution is -2.28. The standard InChI is InChI=1S/C16H12F4N2O/c17-12-9-21-7-4-13(12)22-14(23)15(5-6-15)10-2-1-3-11(8-10)16(18,19)20/h1-4,7-9H,5-6H2,(H,21,22,23). The highest BCUT2D eigenvalue weighted by molar-refractivity contribution is 6.01. The number of nitrogens with zero attached hydrogens (tertiary/aromatic N) is 1. The number of pyridine rings is 1. The van der Waals surface area contributed by atoms with E-state index in [0.717, 1.165) is 18.3 Å². The Labute approximate surface area is 129 Å². The van der Waals surface area contributed by atoms with Crippen LogP contribution in [0, 0.1) is 5.82 Å². The Balaban J connectivity index is 1.88. The first-order valence-corrected chi connectivity index (χ1v) is 6.92. The molecule has 1 aliphatic rings. The Morgan fingerprint density at radius 1 is 1.22 bits per heavy atom. The summed E-state index contributed by atoms with van der Waals surface area (Å²) in [6.07, 6.45) is -1.35. The smallest absolute Gasteiger partial charge is 0.323 e. The lowest BCUT2D eigenvalue weighted by atomic mass is 9.93. The van der Waals surface area contributed by atoms with Crippen molar-refractivity contribution in [2.75, 3.05) is 5.32 Å². The molecule has 1 aromatic carbocycles. The molecule has 2 aromatic rings. The molecular formula is C16H12F4N2O. The summed E-state index contributed by atoms with van der Waals surface area (Å²) in [5, 5.41) is 2.43. The van der Waals surface area contributed by atoms with Gasteiger partial charge in [0.05, 0.1) is 22.9 Å². The van der Waals surface area contributed by atoms with Crippen molar-refractivity contribution in [3.63, 3.8) is 0 Å². The van der Waals surface area contributed by atoms with Gasteiger partial charge in [0.1, 0.15) is 0 Å². The molecule has 1 aliphatic carbocycles. The van der Waals surface area contributed by atoms with Gasteiger partial charge in [0.2, 0.25) is 5.91 Å². The lowest BCUT2D eigenvalue weighted by Gasteiger charge is -2.17. The highest BCUT2D eigenvalue weighted by atomic mass is 19.4. The summed E-state index contributed by atoms with van der Waals surface area (Å²) < 4.78 is 52.0. The van der Waals surface area contributed by atoms with Gasteiger partial charge in [-0.25, -0.2) is 4.39 Å². The molecule has 0 spiro atoms. The monoisotopic (exact) mass is 324 g/mol. The van der Waals surface area contributed by atoms with E-state index in [1.807, 2.05) is 0 Å². The molecule has 120 valence electrons. The molecule has 3 nitrogen and oxygen atoms in total. The first kappa shape index (κ1) is 15.5. The normalized spacial score (nSPS) is 16.0. The van der Waals surface area contributed by atoms with Crippen LogP contribution in [-0.2, 0) is 16.4 Å². The number of hydrogen-bond acceptors (Lipinski definition) is 2. The van der Waals surface area contributed by atoms with E-state index in [2.05, 4.69) is 10.3 Å². The molecule has 0 aliphatic heterocycles. The second kappa shape index (κ2) is 5.33. The summed E-state index contributed by atoms with van der Waals surface area (Å²) in [5.41, 5.74) is -1.58. The zero-order valence-corrected chi connectivity index (χ0v) is 11.8. The van der Waals surface area contributed by atoms with Crippen LogP contribution >= 0.6 is 0 Å². The molecule has 0 radical (unpaired) electrons. The zero-order valence-electron chi connectivity index (χ0n) is 11.8. The fraction of sp³-hybridized carbons (Fsp3) is 0.250. The van der Waals surface area contributed by atoms with Gasteiger partial charge in [-0.1, -0.05) is 18.2 Å². The third-order valence-electron chi connectivity index (χ3n) is 3.95. The average molecular weight is 324 g/mol. The van der Waals surface area contributed by atoms with Crippen LogP contribution in [0.5, 0.6) is 0 Å². The van der Waals surface area contributed by atoms with Gasteiger partial charge >= 0.3 is 6.18 Å². The number of halogens is 4. The first-order chi connectivity index (χ1) is 10.8. The predicted molar refractivity (Wildman–Crippen MR) is 75.2 cm³/mol. The fourth-order valence-corrected chi connectivity index (χ4v) is 2.48.